The Kier molecular flexibility index (Phi) is 2.81. The monoisotopic (exact) mass is 219 g/mol. The molecule has 82 valence electrons. The van der Waals surface area contributed by atoms with Gasteiger partial charge in [0, 0.05) is 18.9 Å². The summed E-state index contributed by atoms with van der Waals surface area (Å²) in [6, 6.07) is 3.89. The molecule has 0 unspecified atom stereocenters. The molecule has 0 aromatic carbocycles. The van der Waals surface area contributed by atoms with Crippen LogP contribution in [0.2, 0.25) is 0 Å². The lowest BCUT2D eigenvalue weighted by Crippen LogP contribution is -2.01. The lowest BCUT2D eigenvalue weighted by Gasteiger charge is -1.99. The van der Waals surface area contributed by atoms with E-state index in [1.165, 1.54) is 0 Å². The third-order valence-electron chi connectivity index (χ3n) is 1.89. The first-order valence-corrected chi connectivity index (χ1v) is 4.57. The van der Waals surface area contributed by atoms with Crippen LogP contribution in [0.4, 0.5) is 6.01 Å². The third kappa shape index (κ3) is 2.35. The van der Waals surface area contributed by atoms with Gasteiger partial charge in [-0.1, -0.05) is 6.07 Å². The van der Waals surface area contributed by atoms with Crippen molar-refractivity contribution in [2.75, 3.05) is 5.32 Å². The van der Waals surface area contributed by atoms with E-state index in [4.69, 9.17) is 9.52 Å². The van der Waals surface area contributed by atoms with E-state index in [0.29, 0.717) is 6.54 Å². The molecule has 0 bridgehead atoms. The second-order valence-corrected chi connectivity index (χ2v) is 3.06. The lowest BCUT2D eigenvalue weighted by atomic mass is 10.3. The zero-order chi connectivity index (χ0) is 11.4. The molecule has 0 aliphatic carbocycles. The molecular formula is C10H9N3O3. The summed E-state index contributed by atoms with van der Waals surface area (Å²) < 4.78 is 4.92. The van der Waals surface area contributed by atoms with Crippen LogP contribution < -0.4 is 5.32 Å². The fourth-order valence-corrected chi connectivity index (χ4v) is 1.13. The molecule has 2 N–H and O–H groups in total. The summed E-state index contributed by atoms with van der Waals surface area (Å²) >= 11 is 0. The van der Waals surface area contributed by atoms with Crippen LogP contribution in [0.1, 0.15) is 16.1 Å². The van der Waals surface area contributed by atoms with Gasteiger partial charge in [-0.2, -0.15) is 4.98 Å². The van der Waals surface area contributed by atoms with Gasteiger partial charge >= 0.3 is 5.97 Å². The Morgan fingerprint density at radius 1 is 1.56 bits per heavy atom. The van der Waals surface area contributed by atoms with Crippen LogP contribution in [0.3, 0.4) is 0 Å². The molecule has 2 heterocycles. The molecule has 0 aliphatic heterocycles. The van der Waals surface area contributed by atoms with Gasteiger partial charge in [0.05, 0.1) is 0 Å². The number of pyridine rings is 1. The molecule has 0 saturated carbocycles. The summed E-state index contributed by atoms with van der Waals surface area (Å²) in [5.41, 5.74) is 0.839. The summed E-state index contributed by atoms with van der Waals surface area (Å²) in [5, 5.41) is 11.5. The molecule has 2 rings (SSSR count). The minimum atomic E-state index is -1.11. The van der Waals surface area contributed by atoms with Crippen molar-refractivity contribution in [1.82, 2.24) is 9.97 Å². The minimum absolute atomic E-state index is 0.117. The van der Waals surface area contributed by atoms with Gasteiger partial charge in [-0.25, -0.2) is 4.79 Å². The quantitative estimate of drug-likeness (QED) is 0.807. The first-order valence-electron chi connectivity index (χ1n) is 4.57. The van der Waals surface area contributed by atoms with Crippen molar-refractivity contribution >= 4 is 12.0 Å². The maximum atomic E-state index is 10.5. The van der Waals surface area contributed by atoms with Crippen molar-refractivity contribution in [2.24, 2.45) is 0 Å². The Morgan fingerprint density at radius 2 is 2.44 bits per heavy atom. The summed E-state index contributed by atoms with van der Waals surface area (Å²) in [6.07, 6.45) is 4.47. The van der Waals surface area contributed by atoms with Crippen molar-refractivity contribution in [3.63, 3.8) is 0 Å². The smallest absolute Gasteiger partial charge is 0.357 e. The Balaban J connectivity index is 1.97. The maximum Gasteiger partial charge on any atom is 0.357 e. The molecule has 2 aromatic rings. The van der Waals surface area contributed by atoms with Crippen LogP contribution in [-0.2, 0) is 6.54 Å². The van der Waals surface area contributed by atoms with Crippen molar-refractivity contribution < 1.29 is 14.3 Å². The number of rotatable bonds is 4. The number of aromatic carboxylic acids is 1. The number of carbonyl (C=O) groups is 1. The molecule has 6 nitrogen and oxygen atoms in total. The van der Waals surface area contributed by atoms with Crippen LogP contribution >= 0.6 is 0 Å². The molecule has 0 atom stereocenters. The maximum absolute atomic E-state index is 10.5. The molecular weight excluding hydrogens is 210 g/mol. The highest BCUT2D eigenvalue weighted by Crippen LogP contribution is 2.08. The Labute approximate surface area is 91.0 Å². The van der Waals surface area contributed by atoms with E-state index < -0.39 is 5.97 Å². The number of nitrogens with one attached hydrogen (secondary N) is 1. The van der Waals surface area contributed by atoms with Gasteiger partial charge in [-0.3, -0.25) is 4.98 Å². The highest BCUT2D eigenvalue weighted by Gasteiger charge is 2.09. The minimum Gasteiger partial charge on any atom is -0.476 e. The van der Waals surface area contributed by atoms with Gasteiger partial charge in [-0.05, 0) is 11.6 Å². The summed E-state index contributed by atoms with van der Waals surface area (Å²) in [7, 11) is 0. The van der Waals surface area contributed by atoms with Gasteiger partial charge in [0.15, 0.2) is 5.69 Å². The summed E-state index contributed by atoms with van der Waals surface area (Å²) in [4.78, 5) is 18.2. The van der Waals surface area contributed by atoms with Gasteiger partial charge < -0.3 is 14.8 Å². The van der Waals surface area contributed by atoms with E-state index in [-0.39, 0.29) is 11.7 Å². The number of nitrogens with zero attached hydrogens (tertiary/aromatic N) is 2. The topological polar surface area (TPSA) is 88.2 Å². The summed E-state index contributed by atoms with van der Waals surface area (Å²) in [6.45, 7) is 0.480. The highest BCUT2D eigenvalue weighted by molar-refractivity contribution is 5.85. The first kappa shape index (κ1) is 10.2. The van der Waals surface area contributed by atoms with Crippen LogP contribution in [0, 0.1) is 0 Å². The van der Waals surface area contributed by atoms with Crippen molar-refractivity contribution in [1.29, 1.82) is 0 Å². The fourth-order valence-electron chi connectivity index (χ4n) is 1.13. The molecule has 0 spiro atoms. The Morgan fingerprint density at radius 3 is 3.06 bits per heavy atom. The van der Waals surface area contributed by atoms with Crippen LogP contribution in [-0.4, -0.2) is 21.0 Å². The SMILES string of the molecule is O=C(O)c1coc(NCc2cccnc2)n1. The number of carboxylic acids is 1. The van der Waals surface area contributed by atoms with E-state index in [1.807, 2.05) is 12.1 Å². The molecule has 0 radical (unpaired) electrons. The van der Waals surface area contributed by atoms with Gasteiger partial charge in [0.25, 0.3) is 6.01 Å². The van der Waals surface area contributed by atoms with Crippen molar-refractivity contribution in [3.05, 3.63) is 42.0 Å². The highest BCUT2D eigenvalue weighted by atomic mass is 16.4. The number of oxazole rings is 1. The predicted octanol–water partition coefficient (Wildman–Crippen LogP) is 1.38. The van der Waals surface area contributed by atoms with Crippen LogP contribution in [0.15, 0.2) is 35.2 Å². The molecule has 0 amide bonds. The predicted molar refractivity (Wildman–Crippen MR) is 55.0 cm³/mol. The average molecular weight is 219 g/mol. The number of anilines is 1. The molecule has 0 saturated heterocycles. The lowest BCUT2D eigenvalue weighted by molar-refractivity contribution is 0.0690. The zero-order valence-corrected chi connectivity index (χ0v) is 8.25. The van der Waals surface area contributed by atoms with E-state index in [2.05, 4.69) is 15.3 Å². The molecule has 6 heteroatoms. The van der Waals surface area contributed by atoms with Crippen molar-refractivity contribution in [2.45, 2.75) is 6.54 Å². The zero-order valence-electron chi connectivity index (χ0n) is 8.25. The van der Waals surface area contributed by atoms with E-state index >= 15 is 0 Å². The second kappa shape index (κ2) is 4.43. The molecule has 2 aromatic heterocycles. The largest absolute Gasteiger partial charge is 0.476 e. The first-order chi connectivity index (χ1) is 7.75. The van der Waals surface area contributed by atoms with Crippen LogP contribution in [0.5, 0.6) is 0 Å². The normalized spacial score (nSPS) is 10.0. The fraction of sp³-hybridized carbons (Fsp3) is 0.100. The molecule has 0 aliphatic rings. The van der Waals surface area contributed by atoms with Gasteiger partial charge in [-0.15, -0.1) is 0 Å². The average Bonchev–Trinajstić information content (AvgIpc) is 2.76. The number of hydrogen-bond donors (Lipinski definition) is 2. The molecule has 16 heavy (non-hydrogen) atoms. The number of aromatic nitrogens is 2. The van der Waals surface area contributed by atoms with Gasteiger partial charge in [0.2, 0.25) is 0 Å². The number of carboxylic acid groups (broad SMARTS) is 1. The van der Waals surface area contributed by atoms with Crippen LogP contribution in [0.25, 0.3) is 0 Å². The van der Waals surface area contributed by atoms with E-state index in [1.54, 1.807) is 12.4 Å². The number of hydrogen-bond acceptors (Lipinski definition) is 5. The third-order valence-corrected chi connectivity index (χ3v) is 1.89. The van der Waals surface area contributed by atoms with E-state index in [0.717, 1.165) is 11.8 Å². The van der Waals surface area contributed by atoms with Gasteiger partial charge in [0.1, 0.15) is 6.26 Å². The van der Waals surface area contributed by atoms with E-state index in [9.17, 15) is 4.79 Å². The van der Waals surface area contributed by atoms with Crippen molar-refractivity contribution in [3.8, 4) is 0 Å². The second-order valence-electron chi connectivity index (χ2n) is 3.06. The Bertz CT molecular complexity index is 481. The standard InChI is InChI=1S/C10H9N3O3/c14-9(15)8-6-16-10(13-8)12-5-7-2-1-3-11-4-7/h1-4,6H,5H2,(H,12,13)(H,14,15). The Hall–Kier alpha value is -2.37. The molecule has 0 fully saturated rings. The summed E-state index contributed by atoms with van der Waals surface area (Å²) in [5.74, 6) is -1.11.